The van der Waals surface area contributed by atoms with Crippen molar-refractivity contribution in [2.75, 3.05) is 12.0 Å². The van der Waals surface area contributed by atoms with Crippen LogP contribution in [0.2, 0.25) is 0 Å². The highest BCUT2D eigenvalue weighted by molar-refractivity contribution is 5.54. The lowest BCUT2D eigenvalue weighted by Crippen LogP contribution is -2.50. The third kappa shape index (κ3) is 3.36. The highest BCUT2D eigenvalue weighted by Crippen LogP contribution is 2.35. The zero-order valence-corrected chi connectivity index (χ0v) is 14.4. The average Bonchev–Trinajstić information content (AvgIpc) is 2.67. The molecule has 0 N–H and O–H groups in total. The van der Waals surface area contributed by atoms with Crippen LogP contribution < -0.4 is 9.64 Å². The number of nitrogens with zero attached hydrogens (tertiary/aromatic N) is 2. The highest BCUT2D eigenvalue weighted by atomic mass is 16.6. The van der Waals surface area contributed by atoms with Crippen LogP contribution in [-0.4, -0.2) is 24.1 Å². The maximum absolute atomic E-state index is 11.9. The summed E-state index contributed by atoms with van der Waals surface area (Å²) in [7, 11) is 1.62. The number of nitro groups is 1. The van der Waals surface area contributed by atoms with Crippen molar-refractivity contribution in [3.8, 4) is 5.75 Å². The minimum absolute atomic E-state index is 0.133. The molecule has 3 atom stereocenters. The number of benzene rings is 2. The van der Waals surface area contributed by atoms with Crippen LogP contribution in [0.3, 0.4) is 0 Å². The van der Waals surface area contributed by atoms with Gasteiger partial charge in [0, 0.05) is 16.8 Å². The Balaban J connectivity index is 1.99. The lowest BCUT2D eigenvalue weighted by Gasteiger charge is -2.38. The Morgan fingerprint density at radius 1 is 1.12 bits per heavy atom. The summed E-state index contributed by atoms with van der Waals surface area (Å²) in [5.41, 5.74) is 1.91. The molecule has 0 aliphatic carbocycles. The van der Waals surface area contributed by atoms with E-state index in [2.05, 4.69) is 0 Å². The maximum atomic E-state index is 11.9. The van der Waals surface area contributed by atoms with Gasteiger partial charge in [0.05, 0.1) is 13.0 Å². The van der Waals surface area contributed by atoms with Gasteiger partial charge in [0.2, 0.25) is 6.04 Å². The Labute approximate surface area is 147 Å². The van der Waals surface area contributed by atoms with Gasteiger partial charge in [-0.3, -0.25) is 10.1 Å². The molecule has 0 radical (unpaired) electrons. The van der Waals surface area contributed by atoms with E-state index in [0.717, 1.165) is 17.0 Å². The minimum atomic E-state index is -0.695. The van der Waals surface area contributed by atoms with Gasteiger partial charge in [-0.15, -0.1) is 0 Å². The molecular weight excluding hydrogens is 316 g/mol. The van der Waals surface area contributed by atoms with Crippen LogP contribution in [0.25, 0.3) is 0 Å². The van der Waals surface area contributed by atoms with Crippen LogP contribution >= 0.6 is 0 Å². The first-order valence-electron chi connectivity index (χ1n) is 8.45. The molecule has 0 bridgehead atoms. The van der Waals surface area contributed by atoms with E-state index < -0.39 is 6.04 Å². The summed E-state index contributed by atoms with van der Waals surface area (Å²) in [4.78, 5) is 13.8. The second-order valence-electron chi connectivity index (χ2n) is 6.13. The van der Waals surface area contributed by atoms with Gasteiger partial charge in [0.1, 0.15) is 11.8 Å². The first-order chi connectivity index (χ1) is 12.2. The molecule has 5 nitrogen and oxygen atoms in total. The van der Waals surface area contributed by atoms with E-state index in [0.29, 0.717) is 6.42 Å². The number of ether oxygens (including phenoxy) is 1. The van der Waals surface area contributed by atoms with Gasteiger partial charge in [-0.1, -0.05) is 43.3 Å². The summed E-state index contributed by atoms with van der Waals surface area (Å²) in [6.45, 7) is 2.00. The zero-order valence-electron chi connectivity index (χ0n) is 14.4. The van der Waals surface area contributed by atoms with Gasteiger partial charge in [-0.2, -0.15) is 0 Å². The standard InChI is InChI=1S/C20H22N2O3/c1-3-19-20(22(23)24)18(15-7-5-4-6-8-15)13-14-21(19)16-9-11-17(25-2)12-10-16/h4-14,18-20H,3H2,1-2H3/t18-,19-,20+/m0/s1. The first kappa shape index (κ1) is 17.0. The first-order valence-corrected chi connectivity index (χ1v) is 8.45. The predicted octanol–water partition coefficient (Wildman–Crippen LogP) is 4.24. The largest absolute Gasteiger partial charge is 0.497 e. The fourth-order valence-electron chi connectivity index (χ4n) is 3.54. The van der Waals surface area contributed by atoms with Crippen molar-refractivity contribution in [1.29, 1.82) is 0 Å². The van der Waals surface area contributed by atoms with E-state index in [1.54, 1.807) is 7.11 Å². The van der Waals surface area contributed by atoms with E-state index in [1.165, 1.54) is 0 Å². The van der Waals surface area contributed by atoms with Gasteiger partial charge < -0.3 is 9.64 Å². The lowest BCUT2D eigenvalue weighted by atomic mass is 9.83. The van der Waals surface area contributed by atoms with Gasteiger partial charge in [-0.05, 0) is 36.2 Å². The Hall–Kier alpha value is -2.82. The summed E-state index contributed by atoms with van der Waals surface area (Å²) in [5, 5.41) is 11.9. The van der Waals surface area contributed by atoms with Crippen molar-refractivity contribution in [3.05, 3.63) is 82.6 Å². The SMILES string of the molecule is CC[C@H]1[C@H]([N+](=O)[O-])[C@H](c2ccccc2)C=CN1c1ccc(OC)cc1. The van der Waals surface area contributed by atoms with Crippen molar-refractivity contribution >= 4 is 5.69 Å². The van der Waals surface area contributed by atoms with Crippen molar-refractivity contribution in [1.82, 2.24) is 0 Å². The molecule has 1 heterocycles. The normalized spacial score (nSPS) is 22.6. The molecule has 0 saturated carbocycles. The minimum Gasteiger partial charge on any atom is -0.497 e. The van der Waals surface area contributed by atoms with Crippen LogP contribution in [0.4, 0.5) is 5.69 Å². The molecule has 0 aromatic heterocycles. The van der Waals surface area contributed by atoms with Crippen LogP contribution in [0, 0.1) is 10.1 Å². The molecule has 2 aromatic carbocycles. The van der Waals surface area contributed by atoms with Crippen molar-refractivity contribution in [2.24, 2.45) is 0 Å². The molecule has 2 aromatic rings. The summed E-state index contributed by atoms with van der Waals surface area (Å²) in [6.07, 6.45) is 4.61. The number of anilines is 1. The average molecular weight is 338 g/mol. The summed E-state index contributed by atoms with van der Waals surface area (Å²) >= 11 is 0. The summed E-state index contributed by atoms with van der Waals surface area (Å²) < 4.78 is 5.20. The summed E-state index contributed by atoms with van der Waals surface area (Å²) in [5.74, 6) is 0.543. The molecule has 3 rings (SSSR count). The molecule has 1 aliphatic rings. The Bertz CT molecular complexity index is 743. The van der Waals surface area contributed by atoms with Gasteiger partial charge in [-0.25, -0.2) is 0 Å². The second-order valence-corrected chi connectivity index (χ2v) is 6.13. The van der Waals surface area contributed by atoms with E-state index in [4.69, 9.17) is 4.74 Å². The van der Waals surface area contributed by atoms with Crippen molar-refractivity contribution in [3.63, 3.8) is 0 Å². The Morgan fingerprint density at radius 3 is 2.36 bits per heavy atom. The fraction of sp³-hybridized carbons (Fsp3) is 0.300. The third-order valence-corrected chi connectivity index (χ3v) is 4.79. The highest BCUT2D eigenvalue weighted by Gasteiger charge is 2.43. The monoisotopic (exact) mass is 338 g/mol. The van der Waals surface area contributed by atoms with Crippen LogP contribution in [0.5, 0.6) is 5.75 Å². The van der Waals surface area contributed by atoms with E-state index >= 15 is 0 Å². The molecule has 0 unspecified atom stereocenters. The summed E-state index contributed by atoms with van der Waals surface area (Å²) in [6, 6.07) is 16.4. The van der Waals surface area contributed by atoms with E-state index in [1.807, 2.05) is 78.7 Å². The van der Waals surface area contributed by atoms with E-state index in [-0.39, 0.29) is 16.9 Å². The molecule has 5 heteroatoms. The molecule has 130 valence electrons. The Kier molecular flexibility index (Phi) is 5.03. The molecule has 0 amide bonds. The van der Waals surface area contributed by atoms with Crippen molar-refractivity contribution < 1.29 is 9.66 Å². The fourth-order valence-corrected chi connectivity index (χ4v) is 3.54. The Morgan fingerprint density at radius 2 is 1.80 bits per heavy atom. The topological polar surface area (TPSA) is 55.6 Å². The van der Waals surface area contributed by atoms with Crippen LogP contribution in [-0.2, 0) is 0 Å². The van der Waals surface area contributed by atoms with Crippen molar-refractivity contribution in [2.45, 2.75) is 31.3 Å². The van der Waals surface area contributed by atoms with Gasteiger partial charge in [0.15, 0.2) is 0 Å². The molecule has 0 spiro atoms. The molecule has 1 aliphatic heterocycles. The molecule has 0 fully saturated rings. The lowest BCUT2D eigenvalue weighted by molar-refractivity contribution is -0.528. The molecule has 0 saturated heterocycles. The third-order valence-electron chi connectivity index (χ3n) is 4.79. The van der Waals surface area contributed by atoms with Gasteiger partial charge in [0.25, 0.3) is 0 Å². The van der Waals surface area contributed by atoms with Crippen LogP contribution in [0.15, 0.2) is 66.9 Å². The molecule has 25 heavy (non-hydrogen) atoms. The smallest absolute Gasteiger partial charge is 0.243 e. The number of methoxy groups -OCH3 is 1. The predicted molar refractivity (Wildman–Crippen MR) is 98.7 cm³/mol. The maximum Gasteiger partial charge on any atom is 0.243 e. The van der Waals surface area contributed by atoms with E-state index in [9.17, 15) is 10.1 Å². The van der Waals surface area contributed by atoms with Crippen LogP contribution in [0.1, 0.15) is 24.8 Å². The number of hydrogen-bond acceptors (Lipinski definition) is 4. The van der Waals surface area contributed by atoms with Gasteiger partial charge >= 0.3 is 0 Å². The quantitative estimate of drug-likeness (QED) is 0.604. The number of rotatable bonds is 5. The number of hydrogen-bond donors (Lipinski definition) is 0. The molecular formula is C20H22N2O3. The zero-order chi connectivity index (χ0) is 17.8. The second kappa shape index (κ2) is 7.38.